The number of anilines is 1. The second-order valence-electron chi connectivity index (χ2n) is 9.35. The monoisotopic (exact) mass is 497 g/mol. The second-order valence-corrected chi connectivity index (χ2v) is 9.35. The molecule has 2 amide bonds. The molecule has 2 heterocycles. The van der Waals surface area contributed by atoms with Gasteiger partial charge in [0.05, 0.1) is 29.1 Å². The summed E-state index contributed by atoms with van der Waals surface area (Å²) in [6.45, 7) is 1.75. The van der Waals surface area contributed by atoms with E-state index in [-0.39, 0.29) is 35.0 Å². The molecular formula is C26H26F3N5O2. The van der Waals surface area contributed by atoms with Crippen molar-refractivity contribution in [1.29, 1.82) is 0 Å². The van der Waals surface area contributed by atoms with Gasteiger partial charge in [-0.1, -0.05) is 30.3 Å². The van der Waals surface area contributed by atoms with E-state index < -0.39 is 11.7 Å². The van der Waals surface area contributed by atoms with E-state index in [1.54, 1.807) is 17.0 Å². The lowest BCUT2D eigenvalue weighted by atomic mass is 10.0. The summed E-state index contributed by atoms with van der Waals surface area (Å²) in [7, 11) is 1.99. The van der Waals surface area contributed by atoms with E-state index in [0.717, 1.165) is 35.5 Å². The molecule has 1 aromatic heterocycles. The number of likely N-dealkylation sites (N-methyl/N-ethyl adjacent to an activating group) is 1. The smallest absolute Gasteiger partial charge is 0.329 e. The predicted molar refractivity (Wildman–Crippen MR) is 128 cm³/mol. The third kappa shape index (κ3) is 4.99. The molecule has 1 atom stereocenters. The number of hydrogen-bond acceptors (Lipinski definition) is 4. The summed E-state index contributed by atoms with van der Waals surface area (Å²) in [6.07, 6.45) is -1.36. The number of carbonyl (C=O) groups is 2. The maximum Gasteiger partial charge on any atom is 0.419 e. The highest BCUT2D eigenvalue weighted by atomic mass is 19.4. The molecule has 3 aromatic rings. The number of alkyl halides is 3. The van der Waals surface area contributed by atoms with E-state index >= 15 is 0 Å². The fourth-order valence-electron chi connectivity index (χ4n) is 4.45. The van der Waals surface area contributed by atoms with Crippen molar-refractivity contribution in [2.45, 2.75) is 25.1 Å². The highest BCUT2D eigenvalue weighted by Crippen LogP contribution is 2.33. The van der Waals surface area contributed by atoms with Crippen molar-refractivity contribution in [3.8, 4) is 5.69 Å². The number of halogens is 3. The van der Waals surface area contributed by atoms with Crippen LogP contribution in [0.5, 0.6) is 0 Å². The zero-order valence-electron chi connectivity index (χ0n) is 19.7. The van der Waals surface area contributed by atoms with E-state index in [1.807, 2.05) is 37.4 Å². The quantitative estimate of drug-likeness (QED) is 0.569. The number of piperazine rings is 1. The zero-order chi connectivity index (χ0) is 25.4. The lowest BCUT2D eigenvalue weighted by molar-refractivity contribution is -0.137. The van der Waals surface area contributed by atoms with Crippen LogP contribution in [0, 0.1) is 5.92 Å². The first-order chi connectivity index (χ1) is 17.2. The molecule has 0 radical (unpaired) electrons. The van der Waals surface area contributed by atoms with Crippen molar-refractivity contribution in [2.24, 2.45) is 5.92 Å². The van der Waals surface area contributed by atoms with Crippen molar-refractivity contribution in [3.05, 3.63) is 77.6 Å². The molecule has 1 unspecified atom stereocenters. The Hall–Kier alpha value is -3.66. The zero-order valence-corrected chi connectivity index (χ0v) is 19.7. The summed E-state index contributed by atoms with van der Waals surface area (Å²) in [5.74, 6) is -0.496. The Bertz CT molecular complexity index is 1270. The van der Waals surface area contributed by atoms with Gasteiger partial charge >= 0.3 is 6.18 Å². The molecule has 1 N–H and O–H groups in total. The number of benzene rings is 2. The number of nitrogens with zero attached hydrogens (tertiary/aromatic N) is 4. The first-order valence-corrected chi connectivity index (χ1v) is 11.8. The third-order valence-electron chi connectivity index (χ3n) is 6.63. The van der Waals surface area contributed by atoms with Gasteiger partial charge in [0, 0.05) is 37.4 Å². The summed E-state index contributed by atoms with van der Waals surface area (Å²) in [6, 6.07) is 14.1. The van der Waals surface area contributed by atoms with E-state index in [4.69, 9.17) is 0 Å². The van der Waals surface area contributed by atoms with Gasteiger partial charge in [0.25, 0.3) is 5.91 Å². The largest absolute Gasteiger partial charge is 0.419 e. The van der Waals surface area contributed by atoms with Gasteiger partial charge in [-0.3, -0.25) is 9.59 Å². The van der Waals surface area contributed by atoms with Crippen LogP contribution >= 0.6 is 0 Å². The average Bonchev–Trinajstić information content (AvgIpc) is 3.59. The van der Waals surface area contributed by atoms with Crippen molar-refractivity contribution in [2.75, 3.05) is 32.0 Å². The Labute approximate surface area is 206 Å². The lowest BCUT2D eigenvalue weighted by Crippen LogP contribution is -2.49. The van der Waals surface area contributed by atoms with Gasteiger partial charge in [0.1, 0.15) is 0 Å². The van der Waals surface area contributed by atoms with E-state index in [9.17, 15) is 22.8 Å². The fourth-order valence-corrected chi connectivity index (χ4v) is 4.45. The van der Waals surface area contributed by atoms with Gasteiger partial charge in [-0.05, 0) is 43.7 Å². The Balaban J connectivity index is 1.53. The average molecular weight is 498 g/mol. The van der Waals surface area contributed by atoms with Crippen molar-refractivity contribution >= 4 is 17.5 Å². The summed E-state index contributed by atoms with van der Waals surface area (Å²) >= 11 is 0. The van der Waals surface area contributed by atoms with E-state index in [2.05, 4.69) is 15.3 Å². The molecule has 2 aromatic carbocycles. The third-order valence-corrected chi connectivity index (χ3v) is 6.63. The standard InChI is InChI=1S/C26H26F3N5O2/c1-32-11-12-33(23(16-32)17-5-3-2-4-6-17)25(36)21-10-9-20(31-24(35)18-7-8-18)13-22(21)34-15-19(14-30-34)26(27,28)29/h2-6,9-10,13-15,18,23H,7-8,11-12,16H2,1H3,(H,31,35). The van der Waals surface area contributed by atoms with Crippen LogP contribution in [0.1, 0.15) is 40.4 Å². The number of aromatic nitrogens is 2. The molecule has 1 saturated heterocycles. The van der Waals surface area contributed by atoms with Gasteiger partial charge < -0.3 is 15.1 Å². The van der Waals surface area contributed by atoms with Crippen LogP contribution in [0.25, 0.3) is 5.69 Å². The second kappa shape index (κ2) is 9.42. The van der Waals surface area contributed by atoms with Crippen LogP contribution in [-0.2, 0) is 11.0 Å². The molecule has 0 bridgehead atoms. The molecule has 1 saturated carbocycles. The van der Waals surface area contributed by atoms with Gasteiger partial charge in [-0.2, -0.15) is 18.3 Å². The predicted octanol–water partition coefficient (Wildman–Crippen LogP) is 4.37. The number of nitrogens with one attached hydrogen (secondary N) is 1. The lowest BCUT2D eigenvalue weighted by Gasteiger charge is -2.40. The SMILES string of the molecule is CN1CCN(C(=O)c2ccc(NC(=O)C3CC3)cc2-n2cc(C(F)(F)F)cn2)C(c2ccccc2)C1. The van der Waals surface area contributed by atoms with Gasteiger partial charge in [0.2, 0.25) is 5.91 Å². The Morgan fingerprint density at radius 2 is 1.81 bits per heavy atom. The number of carbonyl (C=O) groups excluding carboxylic acids is 2. The maximum absolute atomic E-state index is 13.9. The van der Waals surface area contributed by atoms with Gasteiger partial charge in [-0.25, -0.2) is 4.68 Å². The van der Waals surface area contributed by atoms with Crippen LogP contribution in [-0.4, -0.2) is 58.1 Å². The Morgan fingerprint density at radius 1 is 1.06 bits per heavy atom. The maximum atomic E-state index is 13.9. The summed E-state index contributed by atoms with van der Waals surface area (Å²) in [5.41, 5.74) is 0.845. The number of hydrogen-bond donors (Lipinski definition) is 1. The van der Waals surface area contributed by atoms with Crippen LogP contribution < -0.4 is 5.32 Å². The minimum Gasteiger partial charge on any atom is -0.329 e. The molecule has 1 aliphatic heterocycles. The number of rotatable bonds is 5. The molecule has 36 heavy (non-hydrogen) atoms. The molecule has 5 rings (SSSR count). The van der Waals surface area contributed by atoms with Crippen LogP contribution in [0.2, 0.25) is 0 Å². The van der Waals surface area contributed by atoms with Crippen LogP contribution in [0.15, 0.2) is 60.9 Å². The molecule has 188 valence electrons. The first-order valence-electron chi connectivity index (χ1n) is 11.8. The minimum absolute atomic E-state index is 0.0479. The van der Waals surface area contributed by atoms with Gasteiger partial charge in [0.15, 0.2) is 0 Å². The topological polar surface area (TPSA) is 70.5 Å². The van der Waals surface area contributed by atoms with Crippen molar-refractivity contribution < 1.29 is 22.8 Å². The first kappa shape index (κ1) is 24.1. The summed E-state index contributed by atoms with van der Waals surface area (Å²) < 4.78 is 41.0. The van der Waals surface area contributed by atoms with Gasteiger partial charge in [-0.15, -0.1) is 0 Å². The molecule has 2 fully saturated rings. The molecule has 7 nitrogen and oxygen atoms in total. The minimum atomic E-state index is -4.57. The molecule has 0 spiro atoms. The van der Waals surface area contributed by atoms with E-state index in [0.29, 0.717) is 25.3 Å². The Morgan fingerprint density at radius 3 is 2.47 bits per heavy atom. The normalized spacial score (nSPS) is 18.8. The molecule has 10 heteroatoms. The van der Waals surface area contributed by atoms with Crippen molar-refractivity contribution in [1.82, 2.24) is 19.6 Å². The van der Waals surface area contributed by atoms with Crippen LogP contribution in [0.3, 0.4) is 0 Å². The summed E-state index contributed by atoms with van der Waals surface area (Å²) in [4.78, 5) is 30.1. The van der Waals surface area contributed by atoms with Crippen LogP contribution in [0.4, 0.5) is 18.9 Å². The highest BCUT2D eigenvalue weighted by molar-refractivity contribution is 6.00. The fraction of sp³-hybridized carbons (Fsp3) is 0.346. The molecular weight excluding hydrogens is 471 g/mol. The molecule has 2 aliphatic rings. The van der Waals surface area contributed by atoms with E-state index in [1.165, 1.54) is 6.07 Å². The van der Waals surface area contributed by atoms with Crippen molar-refractivity contribution in [3.63, 3.8) is 0 Å². The summed E-state index contributed by atoms with van der Waals surface area (Å²) in [5, 5.41) is 6.71. The Kier molecular flexibility index (Phi) is 6.29. The molecule has 1 aliphatic carbocycles. The highest BCUT2D eigenvalue weighted by Gasteiger charge is 2.35. The number of amides is 2.